The molecule has 1 amide bonds. The van der Waals surface area contributed by atoms with Crippen molar-refractivity contribution in [2.75, 3.05) is 44.2 Å². The third-order valence-corrected chi connectivity index (χ3v) is 5.39. The van der Waals surface area contributed by atoms with E-state index in [4.69, 9.17) is 21.3 Å². The molecule has 2 aromatic rings. The highest BCUT2D eigenvalue weighted by molar-refractivity contribution is 6.30. The van der Waals surface area contributed by atoms with Crippen molar-refractivity contribution in [3.63, 3.8) is 0 Å². The number of carbonyl (C=O) groups excluding carboxylic acids is 1. The van der Waals surface area contributed by atoms with Gasteiger partial charge in [0.15, 0.2) is 6.54 Å². The zero-order valence-corrected chi connectivity index (χ0v) is 16.9. The second-order valence-electron chi connectivity index (χ2n) is 7.15. The van der Waals surface area contributed by atoms with Crippen LogP contribution >= 0.6 is 11.6 Å². The fraction of sp³-hybridized carbons (Fsp3) is 0.429. The number of hydrogen-bond donors (Lipinski definition) is 1. The number of carbonyl (C=O) groups is 1. The topological polar surface area (TPSA) is 64.9 Å². The van der Waals surface area contributed by atoms with E-state index in [2.05, 4.69) is 17.9 Å². The summed E-state index contributed by atoms with van der Waals surface area (Å²) in [6.45, 7) is 6.94. The van der Waals surface area contributed by atoms with Gasteiger partial charge in [0.2, 0.25) is 0 Å². The second kappa shape index (κ2) is 9.63. The average molecular weight is 402 g/mol. The molecule has 2 heterocycles. The first-order valence-corrected chi connectivity index (χ1v) is 9.96. The molecule has 7 heteroatoms. The summed E-state index contributed by atoms with van der Waals surface area (Å²) in [6.07, 6.45) is 1.92. The van der Waals surface area contributed by atoms with Crippen LogP contribution in [-0.2, 0) is 11.3 Å². The number of anilines is 1. The van der Waals surface area contributed by atoms with Gasteiger partial charge in [-0.3, -0.25) is 4.79 Å². The summed E-state index contributed by atoms with van der Waals surface area (Å²) in [5.74, 6) is 0.802. The maximum Gasteiger partial charge on any atom is 0.278 e. The Morgan fingerprint density at radius 3 is 2.82 bits per heavy atom. The molecule has 1 aromatic carbocycles. The van der Waals surface area contributed by atoms with Gasteiger partial charge in [-0.05, 0) is 36.8 Å². The van der Waals surface area contributed by atoms with Gasteiger partial charge in [-0.2, -0.15) is 5.26 Å². The number of nitrogens with zero attached hydrogens (tertiary/aromatic N) is 3. The van der Waals surface area contributed by atoms with E-state index in [-0.39, 0.29) is 5.91 Å². The van der Waals surface area contributed by atoms with E-state index in [1.807, 2.05) is 30.3 Å². The summed E-state index contributed by atoms with van der Waals surface area (Å²) < 4.78 is 5.37. The number of rotatable bonds is 7. The van der Waals surface area contributed by atoms with Crippen LogP contribution in [0.2, 0.25) is 5.02 Å². The molecule has 3 rings (SSSR count). The van der Waals surface area contributed by atoms with Crippen LogP contribution in [0, 0.1) is 18.3 Å². The first kappa shape index (κ1) is 20.2. The number of aryl methyl sites for hydroxylation is 1. The van der Waals surface area contributed by atoms with Crippen molar-refractivity contribution in [1.29, 1.82) is 5.26 Å². The van der Waals surface area contributed by atoms with Gasteiger partial charge in [0.25, 0.3) is 5.91 Å². The van der Waals surface area contributed by atoms with E-state index in [0.29, 0.717) is 26.1 Å². The quantitative estimate of drug-likeness (QED) is 0.769. The zero-order chi connectivity index (χ0) is 19.9. The predicted molar refractivity (Wildman–Crippen MR) is 108 cm³/mol. The summed E-state index contributed by atoms with van der Waals surface area (Å²) in [7, 11) is 0. The molecule has 0 unspecified atom stereocenters. The molecule has 1 saturated heterocycles. The van der Waals surface area contributed by atoms with Gasteiger partial charge in [-0.1, -0.05) is 17.7 Å². The van der Waals surface area contributed by atoms with Crippen LogP contribution in [0.1, 0.15) is 17.7 Å². The average Bonchev–Trinajstić information content (AvgIpc) is 3.21. The smallest absolute Gasteiger partial charge is 0.278 e. The molecule has 1 aliphatic heterocycles. The molecule has 148 valence electrons. The second-order valence-corrected chi connectivity index (χ2v) is 7.58. The minimum Gasteiger partial charge on any atom is -0.467 e. The highest BCUT2D eigenvalue weighted by atomic mass is 35.5. The molecule has 0 atom stereocenters. The van der Waals surface area contributed by atoms with Crippen LogP contribution in [0.3, 0.4) is 0 Å². The first-order chi connectivity index (χ1) is 13.6. The number of nitriles is 1. The Morgan fingerprint density at radius 1 is 1.36 bits per heavy atom. The normalized spacial score (nSPS) is 14.7. The molecular weight excluding hydrogens is 376 g/mol. The van der Waals surface area contributed by atoms with Gasteiger partial charge in [-0.25, -0.2) is 0 Å². The molecule has 1 aliphatic rings. The molecule has 28 heavy (non-hydrogen) atoms. The van der Waals surface area contributed by atoms with E-state index < -0.39 is 0 Å². The first-order valence-electron chi connectivity index (χ1n) is 9.58. The van der Waals surface area contributed by atoms with Gasteiger partial charge < -0.3 is 19.1 Å². The van der Waals surface area contributed by atoms with Crippen LogP contribution in [0.4, 0.5) is 5.69 Å². The summed E-state index contributed by atoms with van der Waals surface area (Å²) >= 11 is 6.16. The fourth-order valence-corrected chi connectivity index (χ4v) is 3.72. The maximum absolute atomic E-state index is 12.8. The number of amides is 1. The Labute approximate surface area is 170 Å². The minimum atomic E-state index is 0.0639. The Bertz CT molecular complexity index is 823. The van der Waals surface area contributed by atoms with Crippen molar-refractivity contribution in [2.24, 2.45) is 0 Å². The Hall–Kier alpha value is -2.49. The lowest BCUT2D eigenvalue weighted by molar-refractivity contribution is -0.892. The molecule has 6 nitrogen and oxygen atoms in total. The predicted octanol–water partition coefficient (Wildman–Crippen LogP) is 1.89. The fourth-order valence-electron chi connectivity index (χ4n) is 3.56. The lowest BCUT2D eigenvalue weighted by atomic mass is 10.1. The van der Waals surface area contributed by atoms with Crippen molar-refractivity contribution in [1.82, 2.24) is 4.90 Å². The summed E-state index contributed by atoms with van der Waals surface area (Å²) in [6, 6.07) is 11.8. The van der Waals surface area contributed by atoms with E-state index in [9.17, 15) is 4.79 Å². The number of nitrogens with one attached hydrogen (secondary N) is 1. The van der Waals surface area contributed by atoms with Gasteiger partial charge in [0.05, 0.1) is 51.5 Å². The van der Waals surface area contributed by atoms with E-state index in [0.717, 1.165) is 37.0 Å². The summed E-state index contributed by atoms with van der Waals surface area (Å²) in [5, 5.41) is 9.64. The summed E-state index contributed by atoms with van der Waals surface area (Å²) in [5.41, 5.74) is 2.39. The summed E-state index contributed by atoms with van der Waals surface area (Å²) in [4.78, 5) is 18.1. The van der Waals surface area contributed by atoms with Crippen LogP contribution in [0.5, 0.6) is 0 Å². The molecule has 1 N–H and O–H groups in total. The third-order valence-electron chi connectivity index (χ3n) is 5.16. The molecule has 0 aliphatic carbocycles. The number of halogens is 1. The van der Waals surface area contributed by atoms with Gasteiger partial charge in [0, 0.05) is 17.3 Å². The van der Waals surface area contributed by atoms with Crippen molar-refractivity contribution in [3.8, 4) is 6.07 Å². The minimum absolute atomic E-state index is 0.0639. The Balaban J connectivity index is 1.55. The number of piperazine rings is 1. The number of benzene rings is 1. The van der Waals surface area contributed by atoms with Crippen LogP contribution in [0.25, 0.3) is 0 Å². The van der Waals surface area contributed by atoms with Gasteiger partial charge >= 0.3 is 0 Å². The number of quaternary nitrogens is 1. The maximum atomic E-state index is 12.8. The van der Waals surface area contributed by atoms with Crippen LogP contribution in [0.15, 0.2) is 41.0 Å². The largest absolute Gasteiger partial charge is 0.467 e. The van der Waals surface area contributed by atoms with Crippen molar-refractivity contribution >= 4 is 23.2 Å². The Morgan fingerprint density at radius 2 is 2.14 bits per heavy atom. The van der Waals surface area contributed by atoms with E-state index in [1.54, 1.807) is 11.2 Å². The van der Waals surface area contributed by atoms with Crippen molar-refractivity contribution in [2.45, 2.75) is 19.9 Å². The lowest BCUT2D eigenvalue weighted by Crippen LogP contribution is -3.15. The third kappa shape index (κ3) is 5.28. The molecule has 0 saturated carbocycles. The highest BCUT2D eigenvalue weighted by Gasteiger charge is 2.26. The van der Waals surface area contributed by atoms with E-state index in [1.165, 1.54) is 16.2 Å². The van der Waals surface area contributed by atoms with Crippen LogP contribution in [-0.4, -0.2) is 50.1 Å². The van der Waals surface area contributed by atoms with Crippen LogP contribution < -0.4 is 9.80 Å². The molecular formula is C21H26ClN4O2+. The molecule has 0 radical (unpaired) electrons. The molecule has 0 bridgehead atoms. The SMILES string of the molecule is Cc1ccc(Cl)cc1N1CC[NH+](CC(=O)N(CCC#N)Cc2ccco2)CC1. The zero-order valence-electron chi connectivity index (χ0n) is 16.2. The van der Waals surface area contributed by atoms with E-state index >= 15 is 0 Å². The number of furan rings is 1. The number of hydrogen-bond acceptors (Lipinski definition) is 4. The molecule has 1 fully saturated rings. The Kier molecular flexibility index (Phi) is 6.96. The monoisotopic (exact) mass is 401 g/mol. The molecule has 1 aromatic heterocycles. The van der Waals surface area contributed by atoms with Crippen molar-refractivity contribution < 1.29 is 14.1 Å². The standard InChI is InChI=1S/C21H25ClN4O2/c1-17-5-6-18(22)14-20(17)25-11-9-24(10-12-25)16-21(27)26(8-3-7-23)15-19-4-2-13-28-19/h2,4-6,13-14H,3,8-12,15-16H2,1H3/p+1. The van der Waals surface area contributed by atoms with Gasteiger partial charge in [-0.15, -0.1) is 0 Å². The lowest BCUT2D eigenvalue weighted by Gasteiger charge is -2.35. The van der Waals surface area contributed by atoms with Gasteiger partial charge in [0.1, 0.15) is 5.76 Å². The highest BCUT2D eigenvalue weighted by Crippen LogP contribution is 2.24. The molecule has 0 spiro atoms. The van der Waals surface area contributed by atoms with Crippen molar-refractivity contribution in [3.05, 3.63) is 52.9 Å².